The van der Waals surface area contributed by atoms with Crippen molar-refractivity contribution in [2.24, 2.45) is 5.92 Å². The second-order valence-electron chi connectivity index (χ2n) is 7.16. The second kappa shape index (κ2) is 9.05. The van der Waals surface area contributed by atoms with Crippen molar-refractivity contribution in [3.63, 3.8) is 0 Å². The average molecular weight is 390 g/mol. The number of benzene rings is 1. The van der Waals surface area contributed by atoms with Crippen molar-refractivity contribution in [3.05, 3.63) is 35.9 Å². The average Bonchev–Trinajstić information content (AvgIpc) is 3.05. The highest BCUT2D eigenvalue weighted by Gasteiger charge is 2.45. The molecule has 2 heterocycles. The quantitative estimate of drug-likeness (QED) is 0.538. The van der Waals surface area contributed by atoms with Crippen LogP contribution >= 0.6 is 0 Å². The zero-order chi connectivity index (χ0) is 20.1. The first-order valence-corrected chi connectivity index (χ1v) is 9.56. The van der Waals surface area contributed by atoms with E-state index >= 15 is 0 Å². The molecule has 0 spiro atoms. The second-order valence-corrected chi connectivity index (χ2v) is 7.16. The maximum atomic E-state index is 12.5. The fraction of sp³-hybridized carbons (Fsp3) is 0.550. The third-order valence-electron chi connectivity index (χ3n) is 5.13. The van der Waals surface area contributed by atoms with Gasteiger partial charge in [-0.05, 0) is 11.5 Å². The van der Waals surface area contributed by atoms with Crippen LogP contribution in [0.5, 0.6) is 0 Å². The first-order valence-electron chi connectivity index (χ1n) is 9.56. The lowest BCUT2D eigenvalue weighted by molar-refractivity contribution is -0.160. The summed E-state index contributed by atoms with van der Waals surface area (Å²) in [6, 6.07) is 8.49. The zero-order valence-corrected chi connectivity index (χ0v) is 16.1. The predicted molar refractivity (Wildman–Crippen MR) is 99.0 cm³/mol. The Morgan fingerprint density at radius 3 is 2.68 bits per heavy atom. The molecular formula is C20H26N2O6. The first-order chi connectivity index (χ1) is 13.5. The zero-order valence-electron chi connectivity index (χ0n) is 16.1. The largest absolute Gasteiger partial charge is 0.461 e. The summed E-state index contributed by atoms with van der Waals surface area (Å²) in [6.45, 7) is 4.39. The van der Waals surface area contributed by atoms with Crippen LogP contribution in [-0.2, 0) is 30.4 Å². The van der Waals surface area contributed by atoms with Crippen molar-refractivity contribution >= 4 is 18.0 Å². The van der Waals surface area contributed by atoms with E-state index < -0.39 is 18.1 Å². The molecule has 3 rings (SSSR count). The Hall–Kier alpha value is -2.61. The lowest BCUT2D eigenvalue weighted by Crippen LogP contribution is -2.48. The molecule has 0 aliphatic carbocycles. The van der Waals surface area contributed by atoms with Gasteiger partial charge in [-0.3, -0.25) is 4.79 Å². The molecule has 28 heavy (non-hydrogen) atoms. The van der Waals surface area contributed by atoms with E-state index in [0.29, 0.717) is 19.4 Å². The smallest absolute Gasteiger partial charge is 0.408 e. The van der Waals surface area contributed by atoms with Crippen LogP contribution in [0.1, 0.15) is 32.3 Å². The molecule has 2 fully saturated rings. The van der Waals surface area contributed by atoms with E-state index in [1.165, 1.54) is 0 Å². The molecule has 1 aromatic carbocycles. The highest BCUT2D eigenvalue weighted by molar-refractivity contribution is 5.83. The maximum absolute atomic E-state index is 12.5. The summed E-state index contributed by atoms with van der Waals surface area (Å²) < 4.78 is 16.2. The first kappa shape index (κ1) is 20.1. The Balaban J connectivity index is 1.47. The van der Waals surface area contributed by atoms with Gasteiger partial charge < -0.3 is 24.4 Å². The van der Waals surface area contributed by atoms with Crippen molar-refractivity contribution < 1.29 is 28.6 Å². The number of rotatable bonds is 8. The third kappa shape index (κ3) is 4.81. The van der Waals surface area contributed by atoms with Gasteiger partial charge in [0.1, 0.15) is 31.6 Å². The van der Waals surface area contributed by atoms with Gasteiger partial charge in [-0.2, -0.15) is 0 Å². The fourth-order valence-corrected chi connectivity index (χ4v) is 3.17. The van der Waals surface area contributed by atoms with Crippen molar-refractivity contribution in [3.8, 4) is 0 Å². The number of β-lactam (4-membered cyclic amide) rings is 1. The number of nitrogens with zero attached hydrogens (tertiary/aromatic N) is 1. The number of esters is 1. The van der Waals surface area contributed by atoms with Gasteiger partial charge in [0.25, 0.3) is 0 Å². The highest BCUT2D eigenvalue weighted by atomic mass is 16.6. The topological polar surface area (TPSA) is 94.2 Å². The molecule has 2 amide bonds. The number of carbonyl (C=O) groups excluding carboxylic acids is 3. The molecule has 2 aliphatic heterocycles. The Morgan fingerprint density at radius 2 is 2.04 bits per heavy atom. The van der Waals surface area contributed by atoms with Gasteiger partial charge >= 0.3 is 12.1 Å². The summed E-state index contributed by atoms with van der Waals surface area (Å²) in [6.07, 6.45) is -0.119. The Bertz CT molecular complexity index is 710. The third-order valence-corrected chi connectivity index (χ3v) is 5.13. The van der Waals surface area contributed by atoms with Gasteiger partial charge in [0, 0.05) is 0 Å². The van der Waals surface area contributed by atoms with Crippen molar-refractivity contribution in [1.29, 1.82) is 0 Å². The minimum atomic E-state index is -0.812. The number of ether oxygens (including phenoxy) is 3. The number of nitrogens with one attached hydrogen (secondary N) is 1. The van der Waals surface area contributed by atoms with E-state index in [1.54, 1.807) is 4.90 Å². The van der Waals surface area contributed by atoms with Crippen LogP contribution in [-0.4, -0.2) is 54.4 Å². The van der Waals surface area contributed by atoms with Gasteiger partial charge in [0.05, 0.1) is 13.0 Å². The van der Waals surface area contributed by atoms with Gasteiger partial charge in [-0.15, -0.1) is 0 Å². The molecule has 0 saturated carbocycles. The summed E-state index contributed by atoms with van der Waals surface area (Å²) in [4.78, 5) is 37.7. The van der Waals surface area contributed by atoms with Gasteiger partial charge in [0.2, 0.25) is 5.91 Å². The van der Waals surface area contributed by atoms with E-state index in [0.717, 1.165) is 5.56 Å². The Morgan fingerprint density at radius 1 is 1.29 bits per heavy atom. The van der Waals surface area contributed by atoms with Crippen LogP contribution < -0.4 is 5.32 Å². The molecule has 1 N–H and O–H groups in total. The minimum absolute atomic E-state index is 0.0484. The van der Waals surface area contributed by atoms with E-state index in [4.69, 9.17) is 14.2 Å². The molecular weight excluding hydrogens is 364 g/mol. The maximum Gasteiger partial charge on any atom is 0.408 e. The van der Waals surface area contributed by atoms with E-state index in [-0.39, 0.29) is 37.4 Å². The fourth-order valence-electron chi connectivity index (χ4n) is 3.17. The Kier molecular flexibility index (Phi) is 6.51. The molecule has 2 unspecified atom stereocenters. The van der Waals surface area contributed by atoms with Crippen LogP contribution in [0.2, 0.25) is 0 Å². The van der Waals surface area contributed by atoms with Gasteiger partial charge in [-0.1, -0.05) is 50.6 Å². The molecule has 0 radical (unpaired) electrons. The van der Waals surface area contributed by atoms with E-state index in [9.17, 15) is 14.4 Å². The monoisotopic (exact) mass is 390 g/mol. The number of alkyl carbamates (subject to hydrolysis) is 1. The van der Waals surface area contributed by atoms with E-state index in [2.05, 4.69) is 5.32 Å². The van der Waals surface area contributed by atoms with Gasteiger partial charge in [-0.25, -0.2) is 9.59 Å². The Labute approximate surface area is 164 Å². The molecule has 0 bridgehead atoms. The van der Waals surface area contributed by atoms with Crippen LogP contribution in [0.15, 0.2) is 30.3 Å². The number of carbonyl (C=O) groups is 3. The SMILES string of the molecule is CC[C@H](C)[C@H](NC(=O)OCc1ccccc1)C(=O)OCC1CN2C(=O)CC2O1. The standard InChI is InChI=1S/C20H26N2O6/c1-3-13(2)18(21-20(25)27-11-14-7-5-4-6-8-14)19(24)26-12-15-10-22-16(23)9-17(22)28-15/h4-8,13,15,17-18H,3,9-12H2,1-2H3,(H,21,25)/t13-,15?,17?,18-/m0/s1. The number of amides is 2. The molecule has 152 valence electrons. The van der Waals surface area contributed by atoms with Crippen molar-refractivity contribution in [2.45, 2.75) is 51.7 Å². The summed E-state index contributed by atoms with van der Waals surface area (Å²) in [5.41, 5.74) is 0.859. The van der Waals surface area contributed by atoms with Crippen LogP contribution in [0.3, 0.4) is 0 Å². The molecule has 2 aliphatic rings. The van der Waals surface area contributed by atoms with Crippen LogP contribution in [0, 0.1) is 5.92 Å². The van der Waals surface area contributed by atoms with Gasteiger partial charge in [0.15, 0.2) is 0 Å². The molecule has 2 saturated heterocycles. The van der Waals surface area contributed by atoms with Crippen molar-refractivity contribution in [1.82, 2.24) is 10.2 Å². The molecule has 4 atom stereocenters. The normalized spacial score (nSPS) is 22.6. The lowest BCUT2D eigenvalue weighted by atomic mass is 9.99. The van der Waals surface area contributed by atoms with Crippen LogP contribution in [0.4, 0.5) is 4.79 Å². The predicted octanol–water partition coefficient (Wildman–Crippen LogP) is 1.83. The summed E-state index contributed by atoms with van der Waals surface area (Å²) >= 11 is 0. The molecule has 8 nitrogen and oxygen atoms in total. The van der Waals surface area contributed by atoms with Crippen LogP contribution in [0.25, 0.3) is 0 Å². The minimum Gasteiger partial charge on any atom is -0.461 e. The summed E-state index contributed by atoms with van der Waals surface area (Å²) in [5, 5.41) is 2.61. The summed E-state index contributed by atoms with van der Waals surface area (Å²) in [7, 11) is 0. The van der Waals surface area contributed by atoms with E-state index in [1.807, 2.05) is 44.2 Å². The highest BCUT2D eigenvalue weighted by Crippen LogP contribution is 2.28. The molecule has 8 heteroatoms. The number of hydrogen-bond acceptors (Lipinski definition) is 6. The molecule has 0 aromatic heterocycles. The molecule has 1 aromatic rings. The summed E-state index contributed by atoms with van der Waals surface area (Å²) in [5.74, 6) is -0.600. The number of hydrogen-bond donors (Lipinski definition) is 1. The number of fused-ring (bicyclic) bond motifs is 1. The lowest BCUT2D eigenvalue weighted by Gasteiger charge is -2.31. The van der Waals surface area contributed by atoms with Crippen molar-refractivity contribution in [2.75, 3.05) is 13.2 Å².